The SMILES string of the molecule is c1ccc2cc(-c3ccc4cc(-c5c6ccccc6c(-c6ccc7c8ccccc8c8ccccc8c7c6)c6ccccc56)ccc4c3)ccc2c1. The van der Waals surface area contributed by atoms with Gasteiger partial charge in [-0.25, -0.2) is 0 Å². The van der Waals surface area contributed by atoms with Gasteiger partial charge < -0.3 is 0 Å². The summed E-state index contributed by atoms with van der Waals surface area (Å²) in [7, 11) is 0. The average molecular weight is 657 g/mol. The second kappa shape index (κ2) is 11.4. The van der Waals surface area contributed by atoms with E-state index in [1.807, 2.05) is 0 Å². The number of rotatable bonds is 3. The van der Waals surface area contributed by atoms with Crippen LogP contribution in [0.5, 0.6) is 0 Å². The van der Waals surface area contributed by atoms with Crippen molar-refractivity contribution in [3.05, 3.63) is 194 Å². The van der Waals surface area contributed by atoms with E-state index in [4.69, 9.17) is 0 Å². The molecular formula is C52H32. The van der Waals surface area contributed by atoms with E-state index in [-0.39, 0.29) is 0 Å². The van der Waals surface area contributed by atoms with E-state index in [2.05, 4.69) is 194 Å². The molecule has 0 atom stereocenters. The molecule has 0 radical (unpaired) electrons. The normalized spacial score (nSPS) is 11.8. The lowest BCUT2D eigenvalue weighted by atomic mass is 9.84. The van der Waals surface area contributed by atoms with E-state index in [1.165, 1.54) is 109 Å². The van der Waals surface area contributed by atoms with Crippen molar-refractivity contribution in [1.29, 1.82) is 0 Å². The fraction of sp³-hybridized carbons (Fsp3) is 0. The van der Waals surface area contributed by atoms with Crippen LogP contribution in [-0.4, -0.2) is 0 Å². The van der Waals surface area contributed by atoms with Crippen LogP contribution in [0.3, 0.4) is 0 Å². The highest BCUT2D eigenvalue weighted by molar-refractivity contribution is 6.27. The van der Waals surface area contributed by atoms with Gasteiger partial charge in [0.15, 0.2) is 0 Å². The molecule has 0 heterocycles. The smallest absolute Gasteiger partial charge is 0.00261 e. The molecule has 0 heteroatoms. The van der Waals surface area contributed by atoms with E-state index >= 15 is 0 Å². The van der Waals surface area contributed by atoms with E-state index in [1.54, 1.807) is 0 Å². The Labute approximate surface area is 301 Å². The highest BCUT2D eigenvalue weighted by atomic mass is 14.2. The molecular weight excluding hydrogens is 625 g/mol. The van der Waals surface area contributed by atoms with Crippen molar-refractivity contribution >= 4 is 75.4 Å². The van der Waals surface area contributed by atoms with Crippen LogP contribution in [0.15, 0.2) is 194 Å². The number of benzene rings is 11. The van der Waals surface area contributed by atoms with Gasteiger partial charge in [0.2, 0.25) is 0 Å². The molecule has 0 bridgehead atoms. The van der Waals surface area contributed by atoms with Crippen molar-refractivity contribution in [2.75, 3.05) is 0 Å². The van der Waals surface area contributed by atoms with Gasteiger partial charge >= 0.3 is 0 Å². The Kier molecular flexibility index (Phi) is 6.35. The fourth-order valence-corrected chi connectivity index (χ4v) is 8.76. The monoisotopic (exact) mass is 656 g/mol. The molecule has 0 unspecified atom stereocenters. The lowest BCUT2D eigenvalue weighted by Gasteiger charge is -2.19. The van der Waals surface area contributed by atoms with Gasteiger partial charge in [-0.1, -0.05) is 170 Å². The van der Waals surface area contributed by atoms with Crippen LogP contribution >= 0.6 is 0 Å². The predicted molar refractivity (Wildman–Crippen MR) is 225 cm³/mol. The quantitative estimate of drug-likeness (QED) is 0.131. The molecule has 11 aromatic rings. The number of fused-ring (bicyclic) bond motifs is 10. The van der Waals surface area contributed by atoms with Crippen molar-refractivity contribution in [3.63, 3.8) is 0 Å². The van der Waals surface area contributed by atoms with Crippen LogP contribution in [0.2, 0.25) is 0 Å². The summed E-state index contributed by atoms with van der Waals surface area (Å²) in [5.74, 6) is 0. The zero-order chi connectivity index (χ0) is 34.2. The van der Waals surface area contributed by atoms with Gasteiger partial charge in [-0.15, -0.1) is 0 Å². The summed E-state index contributed by atoms with van der Waals surface area (Å²) in [6, 6.07) is 71.9. The highest BCUT2D eigenvalue weighted by Gasteiger charge is 2.18. The third kappa shape index (κ3) is 4.41. The minimum absolute atomic E-state index is 1.24. The predicted octanol–water partition coefficient (Wildman–Crippen LogP) is 14.8. The second-order valence-electron chi connectivity index (χ2n) is 14.0. The van der Waals surface area contributed by atoms with Gasteiger partial charge in [-0.05, 0) is 133 Å². The van der Waals surface area contributed by atoms with Crippen LogP contribution in [0.4, 0.5) is 0 Å². The third-order valence-corrected chi connectivity index (χ3v) is 11.2. The Morgan fingerprint density at radius 2 is 0.481 bits per heavy atom. The highest BCUT2D eigenvalue weighted by Crippen LogP contribution is 2.46. The summed E-state index contributed by atoms with van der Waals surface area (Å²) >= 11 is 0. The van der Waals surface area contributed by atoms with E-state index in [0.717, 1.165) is 0 Å². The first-order valence-electron chi connectivity index (χ1n) is 18.1. The first kappa shape index (κ1) is 29.0. The largest absolute Gasteiger partial charge is 0.0616 e. The van der Waals surface area contributed by atoms with Crippen molar-refractivity contribution in [2.24, 2.45) is 0 Å². The van der Waals surface area contributed by atoms with Gasteiger partial charge in [0.05, 0.1) is 0 Å². The Morgan fingerprint density at radius 1 is 0.173 bits per heavy atom. The number of hydrogen-bond donors (Lipinski definition) is 0. The minimum atomic E-state index is 1.24. The molecule has 11 rings (SSSR count). The Morgan fingerprint density at radius 3 is 1.00 bits per heavy atom. The molecule has 11 aromatic carbocycles. The summed E-state index contributed by atoms with van der Waals surface area (Å²) in [5, 5.41) is 17.9. The van der Waals surface area contributed by atoms with Crippen molar-refractivity contribution in [1.82, 2.24) is 0 Å². The van der Waals surface area contributed by atoms with Crippen LogP contribution in [0, 0.1) is 0 Å². The summed E-state index contributed by atoms with van der Waals surface area (Å²) < 4.78 is 0. The van der Waals surface area contributed by atoms with Crippen LogP contribution in [-0.2, 0) is 0 Å². The number of hydrogen-bond acceptors (Lipinski definition) is 0. The summed E-state index contributed by atoms with van der Waals surface area (Å²) in [5.41, 5.74) is 7.53. The molecule has 0 aliphatic rings. The molecule has 0 saturated heterocycles. The second-order valence-corrected chi connectivity index (χ2v) is 14.0. The van der Waals surface area contributed by atoms with Gasteiger partial charge in [-0.3, -0.25) is 0 Å². The molecule has 0 nitrogen and oxygen atoms in total. The van der Waals surface area contributed by atoms with Crippen molar-refractivity contribution in [3.8, 4) is 33.4 Å². The summed E-state index contributed by atoms with van der Waals surface area (Å²) in [4.78, 5) is 0. The van der Waals surface area contributed by atoms with E-state index in [9.17, 15) is 0 Å². The maximum atomic E-state index is 2.43. The molecule has 0 amide bonds. The molecule has 0 aliphatic carbocycles. The third-order valence-electron chi connectivity index (χ3n) is 11.2. The molecule has 0 aromatic heterocycles. The molecule has 0 saturated carbocycles. The minimum Gasteiger partial charge on any atom is -0.0616 e. The van der Waals surface area contributed by atoms with Crippen LogP contribution < -0.4 is 0 Å². The zero-order valence-corrected chi connectivity index (χ0v) is 28.5. The van der Waals surface area contributed by atoms with Crippen molar-refractivity contribution in [2.45, 2.75) is 0 Å². The first-order valence-corrected chi connectivity index (χ1v) is 18.1. The van der Waals surface area contributed by atoms with Crippen LogP contribution in [0.1, 0.15) is 0 Å². The summed E-state index contributed by atoms with van der Waals surface area (Å²) in [6.07, 6.45) is 0. The van der Waals surface area contributed by atoms with Gasteiger partial charge in [-0.2, -0.15) is 0 Å². The fourth-order valence-electron chi connectivity index (χ4n) is 8.76. The van der Waals surface area contributed by atoms with Gasteiger partial charge in [0.1, 0.15) is 0 Å². The standard InChI is InChI=1S/C52H32/c1-2-12-34-29-35(22-21-33(34)11-1)36-23-24-38-31-39(26-25-37(38)30-36)51-46-17-7-9-19-48(46)52(49-20-10-8-18-47(49)51)40-27-28-45-43-15-4-3-13-41(43)42-14-5-6-16-44(42)50(45)32-40/h1-32H. The molecule has 240 valence electrons. The van der Waals surface area contributed by atoms with E-state index in [0.29, 0.717) is 0 Å². The van der Waals surface area contributed by atoms with Crippen molar-refractivity contribution < 1.29 is 0 Å². The van der Waals surface area contributed by atoms with Gasteiger partial charge in [0.25, 0.3) is 0 Å². The molecule has 0 fully saturated rings. The van der Waals surface area contributed by atoms with E-state index < -0.39 is 0 Å². The lowest BCUT2D eigenvalue weighted by Crippen LogP contribution is -1.91. The maximum absolute atomic E-state index is 2.43. The Bertz CT molecular complexity index is 3140. The molecule has 0 spiro atoms. The summed E-state index contributed by atoms with van der Waals surface area (Å²) in [6.45, 7) is 0. The molecule has 0 N–H and O–H groups in total. The lowest BCUT2D eigenvalue weighted by molar-refractivity contribution is 1.66. The Hall–Kier alpha value is -6.76. The molecule has 52 heavy (non-hydrogen) atoms. The average Bonchev–Trinajstić information content (AvgIpc) is 3.22. The molecule has 0 aliphatic heterocycles. The Balaban J connectivity index is 1.11. The van der Waals surface area contributed by atoms with Gasteiger partial charge in [0, 0.05) is 0 Å². The maximum Gasteiger partial charge on any atom is -0.00261 e. The topological polar surface area (TPSA) is 0 Å². The first-order chi connectivity index (χ1) is 25.8. The zero-order valence-electron chi connectivity index (χ0n) is 28.5. The van der Waals surface area contributed by atoms with Crippen LogP contribution in [0.25, 0.3) is 109 Å².